The number of carbonyl (C=O) groups excluding carboxylic acids is 1. The summed E-state index contributed by atoms with van der Waals surface area (Å²) >= 11 is 0. The van der Waals surface area contributed by atoms with E-state index in [4.69, 9.17) is 9.84 Å². The van der Waals surface area contributed by atoms with Crippen molar-refractivity contribution in [3.8, 4) is 11.5 Å². The van der Waals surface area contributed by atoms with Crippen LogP contribution in [0.15, 0.2) is 42.5 Å². The van der Waals surface area contributed by atoms with E-state index in [0.717, 1.165) is 6.07 Å². The fraction of sp³-hybridized carbons (Fsp3) is 0.0714. The molecule has 0 aliphatic rings. The predicted molar refractivity (Wildman–Crippen MR) is 64.2 cm³/mol. The van der Waals surface area contributed by atoms with E-state index in [0.29, 0.717) is 17.6 Å². The Labute approximate surface area is 103 Å². The lowest BCUT2D eigenvalue weighted by molar-refractivity contribution is 0.112. The maximum atomic E-state index is 12.9. The van der Waals surface area contributed by atoms with Crippen LogP contribution in [0, 0.1) is 5.82 Å². The number of aliphatic hydroxyl groups excluding tert-OH is 1. The van der Waals surface area contributed by atoms with Crippen LogP contribution in [0.4, 0.5) is 4.39 Å². The van der Waals surface area contributed by atoms with Gasteiger partial charge >= 0.3 is 0 Å². The second kappa shape index (κ2) is 5.42. The third kappa shape index (κ3) is 2.73. The van der Waals surface area contributed by atoms with Crippen molar-refractivity contribution >= 4 is 6.29 Å². The molecule has 0 aromatic heterocycles. The third-order valence-corrected chi connectivity index (χ3v) is 2.41. The van der Waals surface area contributed by atoms with Crippen molar-refractivity contribution < 1.29 is 19.0 Å². The van der Waals surface area contributed by atoms with Crippen molar-refractivity contribution in [2.24, 2.45) is 0 Å². The van der Waals surface area contributed by atoms with Crippen LogP contribution in [0.3, 0.4) is 0 Å². The number of aldehydes is 1. The molecule has 0 saturated heterocycles. The first-order valence-electron chi connectivity index (χ1n) is 5.35. The highest BCUT2D eigenvalue weighted by Crippen LogP contribution is 2.25. The number of hydrogen-bond acceptors (Lipinski definition) is 3. The molecule has 0 radical (unpaired) electrons. The van der Waals surface area contributed by atoms with E-state index in [1.807, 2.05) is 0 Å². The van der Waals surface area contributed by atoms with E-state index >= 15 is 0 Å². The molecular weight excluding hydrogens is 235 g/mol. The minimum atomic E-state index is -0.492. The van der Waals surface area contributed by atoms with Crippen molar-refractivity contribution in [2.75, 3.05) is 0 Å². The molecular formula is C14H11FO3. The lowest BCUT2D eigenvalue weighted by Gasteiger charge is -2.08. The molecule has 0 aliphatic carbocycles. The van der Waals surface area contributed by atoms with Crippen molar-refractivity contribution in [2.45, 2.75) is 6.61 Å². The van der Waals surface area contributed by atoms with Gasteiger partial charge in [-0.2, -0.15) is 0 Å². The van der Waals surface area contributed by atoms with Crippen LogP contribution in [0.25, 0.3) is 0 Å². The molecule has 0 heterocycles. The Kier molecular flexibility index (Phi) is 3.69. The Hall–Kier alpha value is -2.20. The normalized spacial score (nSPS) is 10.1. The fourth-order valence-electron chi connectivity index (χ4n) is 1.54. The third-order valence-electron chi connectivity index (χ3n) is 2.41. The quantitative estimate of drug-likeness (QED) is 0.844. The van der Waals surface area contributed by atoms with Gasteiger partial charge < -0.3 is 9.84 Å². The van der Waals surface area contributed by atoms with E-state index in [9.17, 15) is 9.18 Å². The molecule has 2 rings (SSSR count). The molecule has 4 heteroatoms. The zero-order valence-electron chi connectivity index (χ0n) is 9.47. The first-order chi connectivity index (χ1) is 8.72. The summed E-state index contributed by atoms with van der Waals surface area (Å²) in [6.07, 6.45) is 0.536. The molecule has 0 atom stereocenters. The van der Waals surface area contributed by atoms with Crippen molar-refractivity contribution in [3.05, 3.63) is 59.4 Å². The first kappa shape index (κ1) is 12.3. The Bertz CT molecular complexity index is 567. The second-order valence-electron chi connectivity index (χ2n) is 3.71. The van der Waals surface area contributed by atoms with Gasteiger partial charge in [-0.25, -0.2) is 4.39 Å². The van der Waals surface area contributed by atoms with Crippen LogP contribution in [0.1, 0.15) is 15.9 Å². The van der Waals surface area contributed by atoms with Gasteiger partial charge in [0.25, 0.3) is 0 Å². The van der Waals surface area contributed by atoms with Gasteiger partial charge in [0.15, 0.2) is 6.29 Å². The molecule has 3 nitrogen and oxygen atoms in total. The van der Waals surface area contributed by atoms with Crippen LogP contribution in [-0.2, 0) is 6.61 Å². The van der Waals surface area contributed by atoms with Crippen LogP contribution < -0.4 is 4.74 Å². The maximum absolute atomic E-state index is 12.9. The highest BCUT2D eigenvalue weighted by molar-refractivity contribution is 5.79. The molecule has 0 bridgehead atoms. The summed E-state index contributed by atoms with van der Waals surface area (Å²) in [7, 11) is 0. The first-order valence-corrected chi connectivity index (χ1v) is 5.35. The zero-order chi connectivity index (χ0) is 13.0. The Morgan fingerprint density at radius 3 is 2.78 bits per heavy atom. The molecule has 0 fully saturated rings. The molecule has 0 amide bonds. The van der Waals surface area contributed by atoms with Crippen LogP contribution >= 0.6 is 0 Å². The van der Waals surface area contributed by atoms with Crippen LogP contribution in [0.5, 0.6) is 11.5 Å². The molecule has 2 aromatic carbocycles. The van der Waals surface area contributed by atoms with Crippen molar-refractivity contribution in [1.29, 1.82) is 0 Å². The summed E-state index contributed by atoms with van der Waals surface area (Å²) < 4.78 is 18.4. The summed E-state index contributed by atoms with van der Waals surface area (Å²) in [4.78, 5) is 10.8. The van der Waals surface area contributed by atoms with Gasteiger partial charge in [0.1, 0.15) is 17.3 Å². The average molecular weight is 246 g/mol. The summed E-state index contributed by atoms with van der Waals surface area (Å²) in [5.41, 5.74) is 0.840. The largest absolute Gasteiger partial charge is 0.457 e. The summed E-state index contributed by atoms with van der Waals surface area (Å²) in [6.45, 7) is -0.0961. The van der Waals surface area contributed by atoms with Gasteiger partial charge in [-0.05, 0) is 35.9 Å². The van der Waals surface area contributed by atoms with E-state index < -0.39 is 5.82 Å². The number of halogens is 1. The molecule has 0 unspecified atom stereocenters. The second-order valence-corrected chi connectivity index (χ2v) is 3.71. The van der Waals surface area contributed by atoms with Crippen molar-refractivity contribution in [3.63, 3.8) is 0 Å². The van der Waals surface area contributed by atoms with Gasteiger partial charge in [-0.15, -0.1) is 0 Å². The average Bonchev–Trinajstić information content (AvgIpc) is 2.41. The number of benzene rings is 2. The lowest BCUT2D eigenvalue weighted by atomic mass is 10.2. The molecule has 2 aromatic rings. The van der Waals surface area contributed by atoms with Gasteiger partial charge in [0.2, 0.25) is 0 Å². The number of rotatable bonds is 4. The molecule has 92 valence electrons. The van der Waals surface area contributed by atoms with Gasteiger partial charge in [0.05, 0.1) is 12.2 Å². The lowest BCUT2D eigenvalue weighted by Crippen LogP contribution is -1.92. The number of hydrogen-bond donors (Lipinski definition) is 1. The topological polar surface area (TPSA) is 46.5 Å². The summed E-state index contributed by atoms with van der Waals surface area (Å²) in [5, 5.41) is 9.00. The Morgan fingerprint density at radius 1 is 1.22 bits per heavy atom. The molecule has 0 spiro atoms. The number of aliphatic hydroxyl groups is 1. The predicted octanol–water partition coefficient (Wildman–Crippen LogP) is 2.92. The van der Waals surface area contributed by atoms with Gasteiger partial charge in [-0.1, -0.05) is 12.1 Å². The fourth-order valence-corrected chi connectivity index (χ4v) is 1.54. The SMILES string of the molecule is O=Cc1cc(F)ccc1Oc1cccc(CO)c1. The molecule has 1 N–H and O–H groups in total. The van der Waals surface area contributed by atoms with Gasteiger partial charge in [-0.3, -0.25) is 4.79 Å². The van der Waals surface area contributed by atoms with E-state index in [1.54, 1.807) is 24.3 Å². The van der Waals surface area contributed by atoms with Crippen molar-refractivity contribution in [1.82, 2.24) is 0 Å². The minimum absolute atomic E-state index is 0.0961. The molecule has 18 heavy (non-hydrogen) atoms. The number of carbonyl (C=O) groups is 1. The Balaban J connectivity index is 2.30. The molecule has 0 saturated carbocycles. The monoisotopic (exact) mass is 246 g/mol. The Morgan fingerprint density at radius 2 is 2.06 bits per heavy atom. The summed E-state index contributed by atoms with van der Waals surface area (Å²) in [5.74, 6) is 0.270. The number of ether oxygens (including phenoxy) is 1. The highest BCUT2D eigenvalue weighted by atomic mass is 19.1. The van der Waals surface area contributed by atoms with E-state index in [-0.39, 0.29) is 17.9 Å². The van der Waals surface area contributed by atoms with Crippen LogP contribution in [-0.4, -0.2) is 11.4 Å². The standard InChI is InChI=1S/C14H11FO3/c15-12-4-5-14(11(7-12)9-17)18-13-3-1-2-10(6-13)8-16/h1-7,9,16H,8H2. The van der Waals surface area contributed by atoms with E-state index in [1.165, 1.54) is 12.1 Å². The maximum Gasteiger partial charge on any atom is 0.153 e. The minimum Gasteiger partial charge on any atom is -0.457 e. The smallest absolute Gasteiger partial charge is 0.153 e. The molecule has 0 aliphatic heterocycles. The highest BCUT2D eigenvalue weighted by Gasteiger charge is 2.06. The summed E-state index contributed by atoms with van der Waals surface area (Å²) in [6, 6.07) is 10.5. The van der Waals surface area contributed by atoms with Gasteiger partial charge in [0, 0.05) is 0 Å². The van der Waals surface area contributed by atoms with Crippen LogP contribution in [0.2, 0.25) is 0 Å². The zero-order valence-corrected chi connectivity index (χ0v) is 9.47. The van der Waals surface area contributed by atoms with E-state index in [2.05, 4.69) is 0 Å².